The average molecular weight is 489 g/mol. The van der Waals surface area contributed by atoms with Crippen molar-refractivity contribution in [3.8, 4) is 5.75 Å². The Kier molecular flexibility index (Phi) is 8.44. The van der Waals surface area contributed by atoms with E-state index in [2.05, 4.69) is 53.5 Å². The molecule has 4 rings (SSSR count). The summed E-state index contributed by atoms with van der Waals surface area (Å²) in [6.07, 6.45) is 6.42. The van der Waals surface area contributed by atoms with Crippen LogP contribution in [0.1, 0.15) is 54.9 Å². The van der Waals surface area contributed by atoms with Gasteiger partial charge in [0.1, 0.15) is 11.4 Å². The van der Waals surface area contributed by atoms with Gasteiger partial charge < -0.3 is 14.5 Å². The first kappa shape index (κ1) is 25.5. The third kappa shape index (κ3) is 5.62. The van der Waals surface area contributed by atoms with Crippen molar-refractivity contribution in [2.45, 2.75) is 45.1 Å². The van der Waals surface area contributed by atoms with Gasteiger partial charge >= 0.3 is 0 Å². The molecule has 1 fully saturated rings. The Morgan fingerprint density at radius 3 is 2.39 bits per heavy atom. The van der Waals surface area contributed by atoms with Crippen LogP contribution in [0, 0.1) is 0 Å². The number of pyridine rings is 1. The summed E-state index contributed by atoms with van der Waals surface area (Å²) in [5.41, 5.74) is 7.67. The molecule has 2 aromatic carbocycles. The quantitative estimate of drug-likeness (QED) is 0.372. The topological polar surface area (TPSA) is 66.9 Å². The number of carbonyl (C=O) groups excluding carboxylic acids is 1. The second kappa shape index (κ2) is 11.9. The van der Waals surface area contributed by atoms with Gasteiger partial charge in [-0.05, 0) is 67.1 Å². The highest BCUT2D eigenvalue weighted by Crippen LogP contribution is 2.38. The van der Waals surface area contributed by atoms with Crippen LogP contribution in [-0.2, 0) is 4.84 Å². The zero-order valence-electron chi connectivity index (χ0n) is 21.6. The fourth-order valence-corrected chi connectivity index (χ4v) is 4.78. The number of anilines is 3. The fourth-order valence-electron chi connectivity index (χ4n) is 4.78. The van der Waals surface area contributed by atoms with Crippen molar-refractivity contribution in [3.05, 3.63) is 78.1 Å². The van der Waals surface area contributed by atoms with Crippen LogP contribution in [0.15, 0.2) is 67.0 Å². The van der Waals surface area contributed by atoms with Gasteiger partial charge in [-0.1, -0.05) is 26.0 Å². The van der Waals surface area contributed by atoms with Gasteiger partial charge in [-0.2, -0.15) is 0 Å². The molecule has 1 aromatic heterocycles. The predicted octanol–water partition coefficient (Wildman–Crippen LogP) is 6.02. The van der Waals surface area contributed by atoms with E-state index in [4.69, 9.17) is 9.57 Å². The number of piperidine rings is 1. The van der Waals surface area contributed by atoms with Gasteiger partial charge in [-0.25, -0.2) is 0 Å². The minimum atomic E-state index is 0.0563. The first-order valence-corrected chi connectivity index (χ1v) is 12.6. The lowest BCUT2D eigenvalue weighted by Crippen LogP contribution is -2.45. The summed E-state index contributed by atoms with van der Waals surface area (Å²) in [5, 5.41) is 0. The van der Waals surface area contributed by atoms with Gasteiger partial charge in [-0.15, -0.1) is 0 Å². The monoisotopic (exact) mass is 488 g/mol. The van der Waals surface area contributed by atoms with E-state index in [0.29, 0.717) is 24.6 Å². The number of hydrogen-bond acceptors (Lipinski definition) is 6. The molecule has 0 radical (unpaired) electrons. The maximum absolute atomic E-state index is 13.1. The highest BCUT2D eigenvalue weighted by atomic mass is 16.6. The Morgan fingerprint density at radius 2 is 1.78 bits per heavy atom. The third-order valence-corrected chi connectivity index (χ3v) is 7.06. The minimum Gasteiger partial charge on any atom is -0.494 e. The standard InChI is InChI=1S/C29H36N4O3/c1-5-21(2)22-8-12-25(13-9-22)33(27-20-30-17-14-28(27)35-3)26-15-18-32(19-16-26)29(34)23-6-10-24(11-7-23)31-36-4/h6-14,17,20-21,26,31H,5,15-16,18-19H2,1-4H3. The van der Waals surface area contributed by atoms with Crippen LogP contribution in [0.3, 0.4) is 0 Å². The summed E-state index contributed by atoms with van der Waals surface area (Å²) in [7, 11) is 3.26. The van der Waals surface area contributed by atoms with Crippen LogP contribution in [0.5, 0.6) is 5.75 Å². The second-order valence-corrected chi connectivity index (χ2v) is 9.23. The predicted molar refractivity (Wildman–Crippen MR) is 144 cm³/mol. The number of nitrogens with zero attached hydrogens (tertiary/aromatic N) is 3. The molecule has 1 atom stereocenters. The van der Waals surface area contributed by atoms with Crippen LogP contribution < -0.4 is 15.1 Å². The van der Waals surface area contributed by atoms with Crippen molar-refractivity contribution in [3.63, 3.8) is 0 Å². The van der Waals surface area contributed by atoms with E-state index in [-0.39, 0.29) is 11.9 Å². The Bertz CT molecular complexity index is 1130. The van der Waals surface area contributed by atoms with E-state index in [0.717, 1.165) is 42.1 Å². The highest BCUT2D eigenvalue weighted by Gasteiger charge is 2.30. The summed E-state index contributed by atoms with van der Waals surface area (Å²) in [5.74, 6) is 1.37. The number of carbonyl (C=O) groups is 1. The summed E-state index contributed by atoms with van der Waals surface area (Å²) in [6, 6.07) is 18.3. The molecule has 1 N–H and O–H groups in total. The maximum atomic E-state index is 13.1. The molecule has 36 heavy (non-hydrogen) atoms. The van der Waals surface area contributed by atoms with Crippen LogP contribution in [-0.4, -0.2) is 49.1 Å². The third-order valence-electron chi connectivity index (χ3n) is 7.06. The van der Waals surface area contributed by atoms with Crippen LogP contribution in [0.4, 0.5) is 17.1 Å². The molecular formula is C29H36N4O3. The molecule has 1 unspecified atom stereocenters. The number of aromatic nitrogens is 1. The molecule has 7 nitrogen and oxygen atoms in total. The van der Waals surface area contributed by atoms with E-state index in [1.165, 1.54) is 5.56 Å². The number of likely N-dealkylation sites (tertiary alicyclic amines) is 1. The van der Waals surface area contributed by atoms with Crippen molar-refractivity contribution < 1.29 is 14.4 Å². The van der Waals surface area contributed by atoms with Crippen molar-refractivity contribution in [2.24, 2.45) is 0 Å². The van der Waals surface area contributed by atoms with Crippen molar-refractivity contribution in [1.82, 2.24) is 9.88 Å². The van der Waals surface area contributed by atoms with Gasteiger partial charge in [0.25, 0.3) is 5.91 Å². The Morgan fingerprint density at radius 1 is 1.08 bits per heavy atom. The van der Waals surface area contributed by atoms with Crippen molar-refractivity contribution in [1.29, 1.82) is 0 Å². The summed E-state index contributed by atoms with van der Waals surface area (Å²) < 4.78 is 5.70. The number of amides is 1. The van der Waals surface area contributed by atoms with E-state index >= 15 is 0 Å². The maximum Gasteiger partial charge on any atom is 0.253 e. The molecule has 1 aliphatic rings. The lowest BCUT2D eigenvalue weighted by atomic mass is 9.97. The molecule has 1 aliphatic heterocycles. The molecule has 3 aromatic rings. The normalized spacial score (nSPS) is 14.8. The summed E-state index contributed by atoms with van der Waals surface area (Å²) in [6.45, 7) is 5.84. The molecular weight excluding hydrogens is 452 g/mol. The lowest BCUT2D eigenvalue weighted by Gasteiger charge is -2.40. The molecule has 190 valence electrons. The molecule has 1 saturated heterocycles. The van der Waals surface area contributed by atoms with Crippen LogP contribution >= 0.6 is 0 Å². The average Bonchev–Trinajstić information content (AvgIpc) is 2.94. The molecule has 0 saturated carbocycles. The molecule has 0 aliphatic carbocycles. The first-order chi connectivity index (χ1) is 17.5. The van der Waals surface area contributed by atoms with Crippen molar-refractivity contribution >= 4 is 23.0 Å². The Hall–Kier alpha value is -3.58. The van der Waals surface area contributed by atoms with Gasteiger partial charge in [0.2, 0.25) is 0 Å². The molecule has 7 heteroatoms. The summed E-state index contributed by atoms with van der Waals surface area (Å²) in [4.78, 5) is 26.7. The number of benzene rings is 2. The van der Waals surface area contributed by atoms with Crippen LogP contribution in [0.2, 0.25) is 0 Å². The molecule has 0 spiro atoms. The van der Waals surface area contributed by atoms with Gasteiger partial charge in [0.15, 0.2) is 0 Å². The zero-order valence-corrected chi connectivity index (χ0v) is 21.6. The minimum absolute atomic E-state index is 0.0563. The number of rotatable bonds is 9. The first-order valence-electron chi connectivity index (χ1n) is 12.6. The van der Waals surface area contributed by atoms with E-state index in [9.17, 15) is 4.79 Å². The number of nitrogens with one attached hydrogen (secondary N) is 1. The second-order valence-electron chi connectivity index (χ2n) is 9.23. The van der Waals surface area contributed by atoms with Crippen LogP contribution in [0.25, 0.3) is 0 Å². The number of hydrogen-bond donors (Lipinski definition) is 1. The molecule has 2 heterocycles. The fraction of sp³-hybridized carbons (Fsp3) is 0.379. The lowest BCUT2D eigenvalue weighted by molar-refractivity contribution is 0.0714. The molecule has 0 bridgehead atoms. The van der Waals surface area contributed by atoms with E-state index in [1.54, 1.807) is 20.4 Å². The van der Waals surface area contributed by atoms with Gasteiger partial charge in [0, 0.05) is 42.6 Å². The number of methoxy groups -OCH3 is 1. The largest absolute Gasteiger partial charge is 0.494 e. The Balaban J connectivity index is 1.54. The van der Waals surface area contributed by atoms with Gasteiger partial charge in [-0.3, -0.25) is 20.1 Å². The van der Waals surface area contributed by atoms with Gasteiger partial charge in [0.05, 0.1) is 26.1 Å². The smallest absolute Gasteiger partial charge is 0.253 e. The van der Waals surface area contributed by atoms with E-state index in [1.807, 2.05) is 41.4 Å². The highest BCUT2D eigenvalue weighted by molar-refractivity contribution is 5.94. The SMILES string of the molecule is CCC(C)c1ccc(N(c2cnccc2OC)C2CCN(C(=O)c3ccc(NOC)cc3)CC2)cc1. The van der Waals surface area contributed by atoms with E-state index < -0.39 is 0 Å². The summed E-state index contributed by atoms with van der Waals surface area (Å²) >= 11 is 0. The van der Waals surface area contributed by atoms with Crippen molar-refractivity contribution in [2.75, 3.05) is 37.7 Å². The zero-order chi connectivity index (χ0) is 25.5. The molecule has 1 amide bonds. The number of ether oxygens (including phenoxy) is 1. The Labute approximate surface area is 214 Å².